The van der Waals surface area contributed by atoms with Crippen molar-refractivity contribution in [2.75, 3.05) is 0 Å². The van der Waals surface area contributed by atoms with Crippen LogP contribution in [0.5, 0.6) is 0 Å². The van der Waals surface area contributed by atoms with Crippen LogP contribution in [0.2, 0.25) is 0 Å². The zero-order valence-corrected chi connectivity index (χ0v) is 10.1. The van der Waals surface area contributed by atoms with Gasteiger partial charge in [0.2, 0.25) is 0 Å². The van der Waals surface area contributed by atoms with Crippen LogP contribution in [-0.2, 0) is 7.05 Å². The van der Waals surface area contributed by atoms with Gasteiger partial charge in [0, 0.05) is 13.1 Å². The van der Waals surface area contributed by atoms with Crippen LogP contribution in [0, 0.1) is 0 Å². The van der Waals surface area contributed by atoms with Crippen molar-refractivity contribution < 1.29 is 0 Å². The van der Waals surface area contributed by atoms with E-state index in [2.05, 4.69) is 15.9 Å². The summed E-state index contributed by atoms with van der Waals surface area (Å²) >= 11 is 3.06. The van der Waals surface area contributed by atoms with Crippen LogP contribution >= 0.6 is 15.9 Å². The Kier molecular flexibility index (Phi) is 2.78. The Bertz CT molecular complexity index is 629. The lowest BCUT2D eigenvalue weighted by atomic mass is 10.3. The average molecular weight is 281 g/mol. The molecular weight excluding hydrogens is 272 g/mol. The molecular formula is C11H9BrN2O2. The number of rotatable bonds is 1. The van der Waals surface area contributed by atoms with Gasteiger partial charge in [0.15, 0.2) is 0 Å². The highest BCUT2D eigenvalue weighted by Crippen LogP contribution is 2.04. The Hall–Kier alpha value is -1.62. The van der Waals surface area contributed by atoms with Crippen molar-refractivity contribution in [3.63, 3.8) is 0 Å². The third kappa shape index (κ3) is 1.74. The maximum atomic E-state index is 11.8. The normalized spacial score (nSPS) is 10.4. The maximum absolute atomic E-state index is 11.8. The Morgan fingerprint density at radius 2 is 1.75 bits per heavy atom. The summed E-state index contributed by atoms with van der Waals surface area (Å²) in [6, 6.07) is 10.3. The zero-order chi connectivity index (χ0) is 11.7. The van der Waals surface area contributed by atoms with Crippen molar-refractivity contribution in [2.45, 2.75) is 0 Å². The third-order valence-corrected chi connectivity index (χ3v) is 2.83. The first-order chi connectivity index (χ1) is 7.61. The van der Waals surface area contributed by atoms with E-state index in [1.54, 1.807) is 19.2 Å². The van der Waals surface area contributed by atoms with E-state index in [1.165, 1.54) is 15.4 Å². The molecule has 0 fully saturated rings. The second kappa shape index (κ2) is 4.09. The van der Waals surface area contributed by atoms with Gasteiger partial charge in [-0.1, -0.05) is 18.2 Å². The van der Waals surface area contributed by atoms with Crippen molar-refractivity contribution in [1.82, 2.24) is 9.36 Å². The van der Waals surface area contributed by atoms with Gasteiger partial charge in [-0.15, -0.1) is 0 Å². The molecule has 1 aromatic carbocycles. The molecule has 16 heavy (non-hydrogen) atoms. The molecule has 0 spiro atoms. The van der Waals surface area contributed by atoms with Crippen LogP contribution in [0.1, 0.15) is 0 Å². The molecule has 1 heterocycles. The lowest BCUT2D eigenvalue weighted by Gasteiger charge is -2.11. The molecule has 0 aliphatic rings. The Balaban J connectivity index is 2.82. The first-order valence-electron chi connectivity index (χ1n) is 4.65. The average Bonchev–Trinajstić information content (AvgIpc) is 2.28. The molecule has 0 N–H and O–H groups in total. The number of para-hydroxylation sites is 1. The second-order valence-electron chi connectivity index (χ2n) is 3.31. The third-order valence-electron chi connectivity index (χ3n) is 2.26. The summed E-state index contributed by atoms with van der Waals surface area (Å²) in [5, 5.41) is 0. The fourth-order valence-corrected chi connectivity index (χ4v) is 1.95. The summed E-state index contributed by atoms with van der Waals surface area (Å²) in [5.41, 5.74) is 0.170. The fraction of sp³-hybridized carbons (Fsp3) is 0.0909. The van der Waals surface area contributed by atoms with Gasteiger partial charge < -0.3 is 0 Å². The summed E-state index contributed by atoms with van der Waals surface area (Å²) in [5.74, 6) is 0. The predicted molar refractivity (Wildman–Crippen MR) is 65.0 cm³/mol. The molecule has 1 aromatic heterocycles. The minimum absolute atomic E-state index is 0.247. The Morgan fingerprint density at radius 3 is 2.38 bits per heavy atom. The fourth-order valence-electron chi connectivity index (χ4n) is 1.49. The number of aromatic nitrogens is 2. The van der Waals surface area contributed by atoms with Crippen LogP contribution in [0.4, 0.5) is 0 Å². The molecule has 0 saturated carbocycles. The van der Waals surface area contributed by atoms with E-state index in [9.17, 15) is 9.59 Å². The number of nitrogens with zero attached hydrogens (tertiary/aromatic N) is 2. The van der Waals surface area contributed by atoms with E-state index in [4.69, 9.17) is 0 Å². The van der Waals surface area contributed by atoms with E-state index in [0.29, 0.717) is 5.69 Å². The highest BCUT2D eigenvalue weighted by Gasteiger charge is 2.07. The number of halogens is 1. The summed E-state index contributed by atoms with van der Waals surface area (Å²) in [6.45, 7) is 0. The molecule has 82 valence electrons. The molecule has 2 aromatic rings. The SMILES string of the molecule is Cn1c(=O)c(Br)cc(=O)n1-c1ccccc1. The number of benzene rings is 1. The van der Waals surface area contributed by atoms with E-state index >= 15 is 0 Å². The Morgan fingerprint density at radius 1 is 1.12 bits per heavy atom. The molecule has 0 bridgehead atoms. The summed E-state index contributed by atoms with van der Waals surface area (Å²) in [7, 11) is 1.56. The molecule has 5 heteroatoms. The first kappa shape index (κ1) is 10.9. The summed E-state index contributed by atoms with van der Waals surface area (Å²) in [4.78, 5) is 23.5. The highest BCUT2D eigenvalue weighted by molar-refractivity contribution is 9.10. The quantitative estimate of drug-likeness (QED) is 0.790. The van der Waals surface area contributed by atoms with Crippen LogP contribution in [-0.4, -0.2) is 9.36 Å². The van der Waals surface area contributed by atoms with Crippen molar-refractivity contribution in [2.24, 2.45) is 7.05 Å². The molecule has 0 aliphatic carbocycles. The lowest BCUT2D eigenvalue weighted by Crippen LogP contribution is -2.35. The van der Waals surface area contributed by atoms with Crippen molar-refractivity contribution in [3.05, 3.63) is 61.6 Å². The number of hydrogen-bond donors (Lipinski definition) is 0. The molecule has 0 atom stereocenters. The van der Waals surface area contributed by atoms with E-state index in [1.807, 2.05) is 18.2 Å². The number of hydrogen-bond acceptors (Lipinski definition) is 2. The van der Waals surface area contributed by atoms with Crippen LogP contribution in [0.3, 0.4) is 0 Å². The van der Waals surface area contributed by atoms with Gasteiger partial charge >= 0.3 is 0 Å². The van der Waals surface area contributed by atoms with E-state index in [-0.39, 0.29) is 15.6 Å². The zero-order valence-electron chi connectivity index (χ0n) is 8.55. The Labute approximate surface area is 99.9 Å². The van der Waals surface area contributed by atoms with Crippen molar-refractivity contribution >= 4 is 15.9 Å². The predicted octanol–water partition coefficient (Wildman–Crippen LogP) is 1.30. The molecule has 4 nitrogen and oxygen atoms in total. The van der Waals surface area contributed by atoms with Gasteiger partial charge in [-0.25, -0.2) is 9.36 Å². The van der Waals surface area contributed by atoms with Crippen LogP contribution in [0.25, 0.3) is 5.69 Å². The van der Waals surface area contributed by atoms with Crippen molar-refractivity contribution in [1.29, 1.82) is 0 Å². The van der Waals surface area contributed by atoms with Crippen molar-refractivity contribution in [3.8, 4) is 5.69 Å². The highest BCUT2D eigenvalue weighted by atomic mass is 79.9. The summed E-state index contributed by atoms with van der Waals surface area (Å²) < 4.78 is 2.88. The van der Waals surface area contributed by atoms with Gasteiger partial charge in [-0.2, -0.15) is 0 Å². The largest absolute Gasteiger partial charge is 0.279 e. The van der Waals surface area contributed by atoms with Gasteiger partial charge in [0.1, 0.15) is 0 Å². The van der Waals surface area contributed by atoms with E-state index < -0.39 is 0 Å². The standard InChI is InChI=1S/C11H9BrN2O2/c1-13-11(16)9(12)7-10(15)14(13)8-5-3-2-4-6-8/h2-7H,1H3. The minimum atomic E-state index is -0.250. The second-order valence-corrected chi connectivity index (χ2v) is 4.16. The molecule has 0 aliphatic heterocycles. The molecule has 0 amide bonds. The topological polar surface area (TPSA) is 44.0 Å². The molecule has 2 rings (SSSR count). The summed E-state index contributed by atoms with van der Waals surface area (Å²) in [6.07, 6.45) is 0. The first-order valence-corrected chi connectivity index (χ1v) is 5.45. The molecule has 0 unspecified atom stereocenters. The monoisotopic (exact) mass is 280 g/mol. The maximum Gasteiger partial charge on any atom is 0.279 e. The van der Waals surface area contributed by atoms with Crippen LogP contribution < -0.4 is 11.1 Å². The van der Waals surface area contributed by atoms with Gasteiger partial charge in [-0.05, 0) is 28.1 Å². The lowest BCUT2D eigenvalue weighted by molar-refractivity contribution is 0.590. The van der Waals surface area contributed by atoms with Gasteiger partial charge in [0.25, 0.3) is 11.1 Å². The smallest absolute Gasteiger partial charge is 0.267 e. The van der Waals surface area contributed by atoms with Crippen LogP contribution in [0.15, 0.2) is 50.5 Å². The molecule has 0 radical (unpaired) electrons. The van der Waals surface area contributed by atoms with Gasteiger partial charge in [0.05, 0.1) is 10.2 Å². The van der Waals surface area contributed by atoms with E-state index in [0.717, 1.165) is 0 Å². The minimum Gasteiger partial charge on any atom is -0.267 e. The molecule has 0 saturated heterocycles. The van der Waals surface area contributed by atoms with Gasteiger partial charge in [-0.3, -0.25) is 9.59 Å².